The highest BCUT2D eigenvalue weighted by Crippen LogP contribution is 2.47. The Morgan fingerprint density at radius 2 is 1.57 bits per heavy atom. The minimum absolute atomic E-state index is 0.256. The second kappa shape index (κ2) is 7.00. The van der Waals surface area contributed by atoms with Gasteiger partial charge in [0.15, 0.2) is 0 Å². The average molecular weight is 296 g/mol. The van der Waals surface area contributed by atoms with Crippen LogP contribution in [0.3, 0.4) is 0 Å². The van der Waals surface area contributed by atoms with E-state index in [1.54, 1.807) is 0 Å². The summed E-state index contributed by atoms with van der Waals surface area (Å²) in [6.07, 6.45) is 10.4. The van der Waals surface area contributed by atoms with Gasteiger partial charge in [-0.3, -0.25) is 0 Å². The van der Waals surface area contributed by atoms with Crippen LogP contribution in [0.5, 0.6) is 0 Å². The van der Waals surface area contributed by atoms with Gasteiger partial charge in [0.25, 0.3) is 0 Å². The molecule has 0 spiro atoms. The van der Waals surface area contributed by atoms with Gasteiger partial charge >= 0.3 is 0 Å². The first-order valence-corrected chi connectivity index (χ1v) is 9.24. The van der Waals surface area contributed by atoms with Gasteiger partial charge in [-0.25, -0.2) is 0 Å². The van der Waals surface area contributed by atoms with Gasteiger partial charge in [0.05, 0.1) is 11.7 Å². The van der Waals surface area contributed by atoms with E-state index in [0.717, 1.165) is 25.4 Å². The highest BCUT2D eigenvalue weighted by atomic mass is 16.5. The molecule has 0 amide bonds. The average Bonchev–Trinajstić information content (AvgIpc) is 2.49. The van der Waals surface area contributed by atoms with Gasteiger partial charge < -0.3 is 9.84 Å². The van der Waals surface area contributed by atoms with Crippen LogP contribution in [0.4, 0.5) is 0 Å². The Balaban J connectivity index is 2.01. The van der Waals surface area contributed by atoms with Gasteiger partial charge in [0.1, 0.15) is 0 Å². The molecule has 1 N–H and O–H groups in total. The second-order valence-electron chi connectivity index (χ2n) is 8.30. The molecule has 1 unspecified atom stereocenters. The molecule has 0 saturated heterocycles. The van der Waals surface area contributed by atoms with Crippen molar-refractivity contribution < 1.29 is 9.84 Å². The largest absolute Gasteiger partial charge is 0.390 e. The molecule has 2 fully saturated rings. The maximum absolute atomic E-state index is 11.1. The van der Waals surface area contributed by atoms with Gasteiger partial charge in [-0.1, -0.05) is 40.0 Å². The third kappa shape index (κ3) is 4.01. The van der Waals surface area contributed by atoms with E-state index in [-0.39, 0.29) is 11.7 Å². The number of aliphatic hydroxyl groups excluding tert-OH is 1. The molecule has 124 valence electrons. The van der Waals surface area contributed by atoms with Crippen molar-refractivity contribution in [1.29, 1.82) is 0 Å². The number of ether oxygens (including phenoxy) is 1. The first-order valence-electron chi connectivity index (χ1n) is 9.24. The van der Waals surface area contributed by atoms with Gasteiger partial charge in [-0.2, -0.15) is 0 Å². The molecule has 0 bridgehead atoms. The zero-order chi connectivity index (χ0) is 15.5. The Morgan fingerprint density at radius 3 is 2.05 bits per heavy atom. The van der Waals surface area contributed by atoms with Crippen molar-refractivity contribution in [2.24, 2.45) is 17.3 Å². The Labute approximate surface area is 131 Å². The fourth-order valence-corrected chi connectivity index (χ4v) is 4.50. The molecule has 0 aliphatic heterocycles. The number of hydrogen-bond donors (Lipinski definition) is 1. The van der Waals surface area contributed by atoms with Crippen LogP contribution in [-0.2, 0) is 4.74 Å². The normalized spacial score (nSPS) is 33.6. The van der Waals surface area contributed by atoms with E-state index < -0.39 is 0 Å². The Kier molecular flexibility index (Phi) is 5.76. The topological polar surface area (TPSA) is 29.5 Å². The monoisotopic (exact) mass is 296 g/mol. The van der Waals surface area contributed by atoms with E-state index in [1.165, 1.54) is 44.9 Å². The summed E-state index contributed by atoms with van der Waals surface area (Å²) in [6, 6.07) is 0. The van der Waals surface area contributed by atoms with Crippen LogP contribution < -0.4 is 0 Å². The predicted molar refractivity (Wildman–Crippen MR) is 88.4 cm³/mol. The molecule has 0 aromatic heterocycles. The Bertz CT molecular complexity index is 306. The summed E-state index contributed by atoms with van der Waals surface area (Å²) in [5.41, 5.74) is 0.161. The van der Waals surface area contributed by atoms with Crippen LogP contribution in [-0.4, -0.2) is 23.4 Å². The number of aliphatic hydroxyl groups is 1. The van der Waals surface area contributed by atoms with Gasteiger partial charge in [0, 0.05) is 6.61 Å². The predicted octanol–water partition coefficient (Wildman–Crippen LogP) is 4.94. The molecule has 0 heterocycles. The van der Waals surface area contributed by atoms with Crippen molar-refractivity contribution >= 4 is 0 Å². The third-order valence-corrected chi connectivity index (χ3v) is 6.34. The van der Waals surface area contributed by atoms with E-state index in [0.29, 0.717) is 11.3 Å². The standard InChI is InChI=1S/C19H36O2/c1-5-15-7-9-16(10-8-15)17(20)19(21-6-2)13-11-18(3,4)12-14-19/h15-17,20H,5-14H2,1-4H3. The minimum atomic E-state index is -0.258. The summed E-state index contributed by atoms with van der Waals surface area (Å²) in [5.74, 6) is 1.35. The van der Waals surface area contributed by atoms with Crippen LogP contribution in [0, 0.1) is 17.3 Å². The third-order valence-electron chi connectivity index (χ3n) is 6.34. The molecule has 2 heteroatoms. The highest BCUT2D eigenvalue weighted by molar-refractivity contribution is 4.98. The Hall–Kier alpha value is -0.0800. The first kappa shape index (κ1) is 17.3. The fourth-order valence-electron chi connectivity index (χ4n) is 4.50. The van der Waals surface area contributed by atoms with Crippen molar-refractivity contribution in [3.05, 3.63) is 0 Å². The molecule has 0 aromatic carbocycles. The zero-order valence-electron chi connectivity index (χ0n) is 14.7. The molecular formula is C19H36O2. The lowest BCUT2D eigenvalue weighted by Crippen LogP contribution is -2.52. The van der Waals surface area contributed by atoms with Crippen LogP contribution >= 0.6 is 0 Å². The van der Waals surface area contributed by atoms with Crippen molar-refractivity contribution in [3.8, 4) is 0 Å². The smallest absolute Gasteiger partial charge is 0.0943 e. The number of hydrogen-bond acceptors (Lipinski definition) is 2. The van der Waals surface area contributed by atoms with Crippen LogP contribution in [0.15, 0.2) is 0 Å². The molecule has 2 aliphatic rings. The lowest BCUT2D eigenvalue weighted by Gasteiger charge is -2.48. The van der Waals surface area contributed by atoms with Crippen LogP contribution in [0.2, 0.25) is 0 Å². The van der Waals surface area contributed by atoms with E-state index in [4.69, 9.17) is 4.74 Å². The van der Waals surface area contributed by atoms with E-state index in [1.807, 2.05) is 0 Å². The molecule has 2 saturated carbocycles. The Morgan fingerprint density at radius 1 is 1.00 bits per heavy atom. The van der Waals surface area contributed by atoms with E-state index in [2.05, 4.69) is 27.7 Å². The summed E-state index contributed by atoms with van der Waals surface area (Å²) in [5, 5.41) is 11.1. The fraction of sp³-hybridized carbons (Fsp3) is 1.00. The lowest BCUT2D eigenvalue weighted by atomic mass is 9.65. The first-order chi connectivity index (χ1) is 9.92. The van der Waals surface area contributed by atoms with Crippen molar-refractivity contribution in [1.82, 2.24) is 0 Å². The molecule has 2 aliphatic carbocycles. The molecule has 2 rings (SSSR count). The van der Waals surface area contributed by atoms with Gasteiger partial charge in [-0.05, 0) is 62.7 Å². The summed E-state index contributed by atoms with van der Waals surface area (Å²) < 4.78 is 6.18. The molecule has 21 heavy (non-hydrogen) atoms. The summed E-state index contributed by atoms with van der Waals surface area (Å²) in [7, 11) is 0. The van der Waals surface area contributed by atoms with Crippen molar-refractivity contribution in [2.45, 2.75) is 97.2 Å². The lowest BCUT2D eigenvalue weighted by molar-refractivity contribution is -0.171. The molecule has 1 atom stereocenters. The van der Waals surface area contributed by atoms with Gasteiger partial charge in [0.2, 0.25) is 0 Å². The van der Waals surface area contributed by atoms with Crippen molar-refractivity contribution in [3.63, 3.8) is 0 Å². The van der Waals surface area contributed by atoms with Gasteiger partial charge in [-0.15, -0.1) is 0 Å². The SMILES string of the molecule is CCOC1(C(O)C2CCC(CC)CC2)CCC(C)(C)CC1. The summed E-state index contributed by atoms with van der Waals surface area (Å²) >= 11 is 0. The summed E-state index contributed by atoms with van der Waals surface area (Å²) in [6.45, 7) is 9.79. The second-order valence-corrected chi connectivity index (χ2v) is 8.30. The van der Waals surface area contributed by atoms with Crippen LogP contribution in [0.25, 0.3) is 0 Å². The summed E-state index contributed by atoms with van der Waals surface area (Å²) in [4.78, 5) is 0. The zero-order valence-corrected chi connectivity index (χ0v) is 14.7. The maximum atomic E-state index is 11.1. The quantitative estimate of drug-likeness (QED) is 0.778. The maximum Gasteiger partial charge on any atom is 0.0943 e. The van der Waals surface area contributed by atoms with Crippen molar-refractivity contribution in [2.75, 3.05) is 6.61 Å². The molecule has 0 aromatic rings. The van der Waals surface area contributed by atoms with E-state index in [9.17, 15) is 5.11 Å². The van der Waals surface area contributed by atoms with Crippen LogP contribution in [0.1, 0.15) is 85.5 Å². The highest BCUT2D eigenvalue weighted by Gasteiger charge is 2.47. The minimum Gasteiger partial charge on any atom is -0.390 e. The molecular weight excluding hydrogens is 260 g/mol. The van der Waals surface area contributed by atoms with E-state index >= 15 is 0 Å². The number of rotatable bonds is 5. The molecule has 0 radical (unpaired) electrons. The molecule has 2 nitrogen and oxygen atoms in total.